The Kier molecular flexibility index (Phi) is 7.28. The van der Waals surface area contributed by atoms with Gasteiger partial charge in [0.1, 0.15) is 5.75 Å². The molecular weight excluding hydrogens is 414 g/mol. The van der Waals surface area contributed by atoms with Crippen LogP contribution in [0.5, 0.6) is 17.2 Å². The third kappa shape index (κ3) is 6.17. The van der Waals surface area contributed by atoms with E-state index in [2.05, 4.69) is 15.3 Å². The molecule has 0 spiro atoms. The summed E-state index contributed by atoms with van der Waals surface area (Å²) in [5.74, 6) is 2.29. The van der Waals surface area contributed by atoms with Crippen molar-refractivity contribution in [2.45, 2.75) is 19.8 Å². The molecular formula is C27H25N3O3. The number of hydrogen-bond acceptors (Lipinski definition) is 5. The summed E-state index contributed by atoms with van der Waals surface area (Å²) < 4.78 is 11.7. The second kappa shape index (κ2) is 10.9. The number of nitrogens with one attached hydrogen (secondary N) is 1. The van der Waals surface area contributed by atoms with E-state index in [0.29, 0.717) is 48.2 Å². The molecule has 0 unspecified atom stereocenters. The second-order valence-corrected chi connectivity index (χ2v) is 7.33. The number of rotatable bonds is 9. The molecule has 1 aromatic heterocycles. The van der Waals surface area contributed by atoms with E-state index in [-0.39, 0.29) is 5.91 Å². The molecule has 6 heteroatoms. The number of nitrogens with zero attached hydrogens (tertiary/aromatic N) is 2. The largest absolute Gasteiger partial charge is 0.490 e. The van der Waals surface area contributed by atoms with Crippen LogP contribution in [0, 0.1) is 0 Å². The molecule has 33 heavy (non-hydrogen) atoms. The van der Waals surface area contributed by atoms with Crippen LogP contribution in [0.1, 0.15) is 18.9 Å². The zero-order valence-electron chi connectivity index (χ0n) is 18.4. The van der Waals surface area contributed by atoms with Crippen LogP contribution in [0.25, 0.3) is 11.3 Å². The number of amides is 1. The zero-order valence-corrected chi connectivity index (χ0v) is 18.4. The lowest BCUT2D eigenvalue weighted by Gasteiger charge is -2.12. The van der Waals surface area contributed by atoms with E-state index in [1.54, 1.807) is 12.4 Å². The van der Waals surface area contributed by atoms with Gasteiger partial charge in [-0.05, 0) is 43.2 Å². The van der Waals surface area contributed by atoms with Crippen LogP contribution in [0.15, 0.2) is 91.3 Å². The molecule has 0 saturated carbocycles. The molecule has 0 aliphatic heterocycles. The molecule has 1 N–H and O–H groups in total. The second-order valence-electron chi connectivity index (χ2n) is 7.33. The van der Waals surface area contributed by atoms with Crippen molar-refractivity contribution in [1.82, 2.24) is 9.97 Å². The van der Waals surface area contributed by atoms with E-state index in [0.717, 1.165) is 11.1 Å². The summed E-state index contributed by atoms with van der Waals surface area (Å²) in [5.41, 5.74) is 2.59. The number of benzene rings is 3. The Hall–Kier alpha value is -4.19. The molecule has 0 aliphatic carbocycles. The average molecular weight is 440 g/mol. The highest BCUT2D eigenvalue weighted by Crippen LogP contribution is 2.32. The lowest BCUT2D eigenvalue weighted by molar-refractivity contribution is -0.116. The Morgan fingerprint density at radius 3 is 2.52 bits per heavy atom. The fourth-order valence-corrected chi connectivity index (χ4v) is 3.33. The summed E-state index contributed by atoms with van der Waals surface area (Å²) >= 11 is 0. The Morgan fingerprint density at radius 2 is 1.70 bits per heavy atom. The molecule has 166 valence electrons. The Morgan fingerprint density at radius 1 is 0.909 bits per heavy atom. The van der Waals surface area contributed by atoms with Gasteiger partial charge in [0.15, 0.2) is 17.3 Å². The summed E-state index contributed by atoms with van der Waals surface area (Å²) in [6.07, 6.45) is 4.25. The van der Waals surface area contributed by atoms with Crippen LogP contribution in [0.3, 0.4) is 0 Å². The van der Waals surface area contributed by atoms with Gasteiger partial charge in [0.25, 0.3) is 0 Å². The molecule has 6 nitrogen and oxygen atoms in total. The summed E-state index contributed by atoms with van der Waals surface area (Å²) in [6, 6.07) is 25.0. The number of carbonyl (C=O) groups is 1. The molecule has 0 fully saturated rings. The van der Waals surface area contributed by atoms with E-state index in [1.807, 2.05) is 85.8 Å². The number of hydrogen-bond donors (Lipinski definition) is 1. The number of ether oxygens (including phenoxy) is 2. The molecule has 4 aromatic rings. The normalized spacial score (nSPS) is 10.5. The third-order valence-corrected chi connectivity index (χ3v) is 4.89. The minimum atomic E-state index is -0.102. The fraction of sp³-hybridized carbons (Fsp3) is 0.148. The summed E-state index contributed by atoms with van der Waals surface area (Å²) in [6.45, 7) is 2.49. The van der Waals surface area contributed by atoms with Crippen LogP contribution in [0.2, 0.25) is 0 Å². The van der Waals surface area contributed by atoms with Crippen LogP contribution in [-0.4, -0.2) is 22.5 Å². The quantitative estimate of drug-likeness (QED) is 0.351. The Bertz CT molecular complexity index is 1210. The number of aromatic nitrogens is 2. The Labute approximate surface area is 193 Å². The van der Waals surface area contributed by atoms with Gasteiger partial charge in [-0.2, -0.15) is 0 Å². The first-order chi connectivity index (χ1) is 16.2. The smallest absolute Gasteiger partial charge is 0.225 e. The van der Waals surface area contributed by atoms with Crippen LogP contribution in [0.4, 0.5) is 5.82 Å². The maximum Gasteiger partial charge on any atom is 0.225 e. The van der Waals surface area contributed by atoms with Gasteiger partial charge in [0.2, 0.25) is 5.91 Å². The van der Waals surface area contributed by atoms with Gasteiger partial charge in [-0.3, -0.25) is 9.78 Å². The first-order valence-corrected chi connectivity index (χ1v) is 10.9. The van der Waals surface area contributed by atoms with Crippen LogP contribution < -0.4 is 14.8 Å². The molecule has 1 heterocycles. The van der Waals surface area contributed by atoms with E-state index < -0.39 is 0 Å². The molecule has 1 amide bonds. The molecule has 0 saturated heterocycles. The highest BCUT2D eigenvalue weighted by atomic mass is 16.5. The van der Waals surface area contributed by atoms with Crippen LogP contribution >= 0.6 is 0 Å². The number of carbonyl (C=O) groups excluding carboxylic acids is 1. The molecule has 3 aromatic carbocycles. The minimum absolute atomic E-state index is 0.102. The van der Waals surface area contributed by atoms with Gasteiger partial charge in [0, 0.05) is 12.0 Å². The van der Waals surface area contributed by atoms with Crippen LogP contribution in [-0.2, 0) is 11.2 Å². The zero-order chi connectivity index (χ0) is 22.9. The monoisotopic (exact) mass is 439 g/mol. The predicted molar refractivity (Wildman–Crippen MR) is 129 cm³/mol. The van der Waals surface area contributed by atoms with Gasteiger partial charge in [-0.25, -0.2) is 4.98 Å². The standard InChI is InChI=1S/C27H25N3O3/c1-2-32-24-13-6-7-14-25(24)33-22-12-8-11-21(17-22)23-18-28-19-26(29-23)30-27(31)16-15-20-9-4-3-5-10-20/h3-14,17-19H,2,15-16H2,1H3,(H,29,30,31). The van der Waals surface area contributed by atoms with Crippen molar-refractivity contribution in [1.29, 1.82) is 0 Å². The van der Waals surface area contributed by atoms with E-state index >= 15 is 0 Å². The van der Waals surface area contributed by atoms with Gasteiger partial charge in [-0.15, -0.1) is 0 Å². The first kappa shape index (κ1) is 22.0. The van der Waals surface area contributed by atoms with Crippen molar-refractivity contribution < 1.29 is 14.3 Å². The van der Waals surface area contributed by atoms with E-state index in [4.69, 9.17) is 9.47 Å². The fourth-order valence-electron chi connectivity index (χ4n) is 3.33. The van der Waals surface area contributed by atoms with Crippen molar-refractivity contribution in [3.63, 3.8) is 0 Å². The first-order valence-electron chi connectivity index (χ1n) is 10.9. The summed E-state index contributed by atoms with van der Waals surface area (Å²) in [4.78, 5) is 21.2. The minimum Gasteiger partial charge on any atom is -0.490 e. The SMILES string of the molecule is CCOc1ccccc1Oc1cccc(-c2cncc(NC(=O)CCc3ccccc3)n2)c1. The summed E-state index contributed by atoms with van der Waals surface area (Å²) in [5, 5.41) is 2.84. The Balaban J connectivity index is 1.44. The molecule has 0 atom stereocenters. The van der Waals surface area contributed by atoms with Crippen molar-refractivity contribution in [3.8, 4) is 28.5 Å². The van der Waals surface area contributed by atoms with E-state index in [1.165, 1.54) is 0 Å². The predicted octanol–water partition coefficient (Wildman–Crippen LogP) is 5.91. The lowest BCUT2D eigenvalue weighted by Crippen LogP contribution is -2.13. The maximum absolute atomic E-state index is 12.4. The number of aryl methyl sites for hydroxylation is 1. The molecule has 0 radical (unpaired) electrons. The number of anilines is 1. The number of para-hydroxylation sites is 2. The highest BCUT2D eigenvalue weighted by molar-refractivity contribution is 5.90. The topological polar surface area (TPSA) is 73.3 Å². The summed E-state index contributed by atoms with van der Waals surface area (Å²) in [7, 11) is 0. The molecule has 0 aliphatic rings. The van der Waals surface area contributed by atoms with Crippen molar-refractivity contribution >= 4 is 11.7 Å². The van der Waals surface area contributed by atoms with Crippen molar-refractivity contribution in [3.05, 3.63) is 96.8 Å². The maximum atomic E-state index is 12.4. The lowest BCUT2D eigenvalue weighted by atomic mass is 10.1. The van der Waals surface area contributed by atoms with Crippen molar-refractivity contribution in [2.24, 2.45) is 0 Å². The molecule has 0 bridgehead atoms. The van der Waals surface area contributed by atoms with Crippen molar-refractivity contribution in [2.75, 3.05) is 11.9 Å². The average Bonchev–Trinajstić information content (AvgIpc) is 2.85. The molecule has 4 rings (SSSR count). The highest BCUT2D eigenvalue weighted by Gasteiger charge is 2.09. The van der Waals surface area contributed by atoms with Gasteiger partial charge < -0.3 is 14.8 Å². The third-order valence-electron chi connectivity index (χ3n) is 4.89. The van der Waals surface area contributed by atoms with Gasteiger partial charge >= 0.3 is 0 Å². The van der Waals surface area contributed by atoms with Gasteiger partial charge in [-0.1, -0.05) is 54.6 Å². The van der Waals surface area contributed by atoms with E-state index in [9.17, 15) is 4.79 Å². The van der Waals surface area contributed by atoms with Gasteiger partial charge in [0.05, 0.1) is 24.7 Å².